The molecule has 0 spiro atoms. The van der Waals surface area contributed by atoms with Crippen LogP contribution in [0.2, 0.25) is 0 Å². The molecule has 1 N–H and O–H groups in total. The molecule has 0 saturated carbocycles. The summed E-state index contributed by atoms with van der Waals surface area (Å²) >= 11 is 0.887. The number of aryl methyl sites for hydroxylation is 1. The molecule has 1 amide bonds. The maximum Gasteiger partial charge on any atom is 0.451 e. The van der Waals surface area contributed by atoms with Crippen LogP contribution in [-0.4, -0.2) is 27.8 Å². The van der Waals surface area contributed by atoms with Gasteiger partial charge in [-0.25, -0.2) is 0 Å². The number of ether oxygens (including phenoxy) is 1. The quantitative estimate of drug-likeness (QED) is 0.571. The summed E-state index contributed by atoms with van der Waals surface area (Å²) < 4.78 is 45.3. The summed E-state index contributed by atoms with van der Waals surface area (Å²) in [6, 6.07) is 14.1. The van der Waals surface area contributed by atoms with Gasteiger partial charge in [0.15, 0.2) is 5.16 Å². The Hall–Kier alpha value is -3.01. The molecular weight excluding hydrogens is 417 g/mol. The molecule has 0 aliphatic heterocycles. The molecule has 0 saturated heterocycles. The normalized spacial score (nSPS) is 12.5. The van der Waals surface area contributed by atoms with Gasteiger partial charge in [0, 0.05) is 7.05 Å². The van der Waals surface area contributed by atoms with Crippen molar-refractivity contribution in [2.75, 3.05) is 12.4 Å². The fraction of sp³-hybridized carbons (Fsp3) is 0.250. The summed E-state index contributed by atoms with van der Waals surface area (Å²) in [5.41, 5.74) is 2.00. The van der Waals surface area contributed by atoms with E-state index in [2.05, 4.69) is 15.5 Å². The smallest absolute Gasteiger partial charge is 0.451 e. The minimum absolute atomic E-state index is 0.0254. The maximum absolute atomic E-state index is 13.1. The van der Waals surface area contributed by atoms with Gasteiger partial charge in [-0.3, -0.25) is 4.79 Å². The van der Waals surface area contributed by atoms with Crippen molar-refractivity contribution in [3.8, 4) is 5.75 Å². The number of carbonyl (C=O) groups is 1. The Kier molecular flexibility index (Phi) is 6.35. The molecule has 1 aromatic heterocycles. The summed E-state index contributed by atoms with van der Waals surface area (Å²) in [5, 5.41) is 8.79. The molecule has 0 bridgehead atoms. The maximum atomic E-state index is 13.1. The number of hydrogen-bond donors (Lipinski definition) is 1. The standard InChI is InChI=1S/C20H19F3N4O2S/c1-12-9-10-15(29-3)14(11-12)24-17(28)16(13-7-5-4-6-8-13)30-19-26-25-18(27(19)2)20(21,22)23/h4-11,16H,1-3H3,(H,24,28). The van der Waals surface area contributed by atoms with E-state index < -0.39 is 23.2 Å². The highest BCUT2D eigenvalue weighted by Gasteiger charge is 2.38. The van der Waals surface area contributed by atoms with Crippen LogP contribution < -0.4 is 10.1 Å². The van der Waals surface area contributed by atoms with Gasteiger partial charge in [0.05, 0.1) is 12.8 Å². The summed E-state index contributed by atoms with van der Waals surface area (Å²) in [7, 11) is 2.71. The van der Waals surface area contributed by atoms with E-state index in [1.165, 1.54) is 14.2 Å². The van der Waals surface area contributed by atoms with Crippen LogP contribution in [0, 0.1) is 6.92 Å². The number of aromatic nitrogens is 3. The van der Waals surface area contributed by atoms with Gasteiger partial charge < -0.3 is 14.6 Å². The lowest BCUT2D eigenvalue weighted by Crippen LogP contribution is -2.20. The van der Waals surface area contributed by atoms with Crippen molar-refractivity contribution in [3.63, 3.8) is 0 Å². The first kappa shape index (κ1) is 21.7. The summed E-state index contributed by atoms with van der Waals surface area (Å²) in [6.07, 6.45) is -4.64. The Labute approximate surface area is 175 Å². The van der Waals surface area contributed by atoms with Crippen molar-refractivity contribution in [1.29, 1.82) is 0 Å². The number of nitrogens with zero attached hydrogens (tertiary/aromatic N) is 3. The third-order valence-electron chi connectivity index (χ3n) is 4.27. The molecule has 10 heteroatoms. The molecule has 3 aromatic rings. The second-order valence-corrected chi connectivity index (χ2v) is 7.54. The minimum Gasteiger partial charge on any atom is -0.495 e. The minimum atomic E-state index is -4.64. The van der Waals surface area contributed by atoms with E-state index in [0.717, 1.165) is 21.9 Å². The molecule has 0 aliphatic rings. The zero-order valence-corrected chi connectivity index (χ0v) is 17.2. The van der Waals surface area contributed by atoms with E-state index in [1.807, 2.05) is 13.0 Å². The Morgan fingerprint density at radius 3 is 2.47 bits per heavy atom. The van der Waals surface area contributed by atoms with Gasteiger partial charge in [-0.1, -0.05) is 48.2 Å². The highest BCUT2D eigenvalue weighted by Crippen LogP contribution is 2.38. The van der Waals surface area contributed by atoms with Crippen LogP contribution in [0.15, 0.2) is 53.7 Å². The van der Waals surface area contributed by atoms with Crippen LogP contribution >= 0.6 is 11.8 Å². The predicted octanol–water partition coefficient (Wildman–Crippen LogP) is 4.62. The Bertz CT molecular complexity index is 1040. The second-order valence-electron chi connectivity index (χ2n) is 6.46. The SMILES string of the molecule is COc1ccc(C)cc1NC(=O)C(Sc1nnc(C(F)(F)F)n1C)c1ccccc1. The highest BCUT2D eigenvalue weighted by molar-refractivity contribution is 8.00. The van der Waals surface area contributed by atoms with Crippen molar-refractivity contribution in [3.05, 3.63) is 65.5 Å². The molecule has 30 heavy (non-hydrogen) atoms. The Morgan fingerprint density at radius 1 is 1.17 bits per heavy atom. The van der Waals surface area contributed by atoms with Gasteiger partial charge in [-0.15, -0.1) is 10.2 Å². The van der Waals surface area contributed by atoms with Gasteiger partial charge in [0.25, 0.3) is 0 Å². The number of amides is 1. The van der Waals surface area contributed by atoms with Crippen LogP contribution in [-0.2, 0) is 18.0 Å². The average Bonchev–Trinajstić information content (AvgIpc) is 3.07. The lowest BCUT2D eigenvalue weighted by molar-refractivity contribution is -0.147. The zero-order chi connectivity index (χ0) is 21.9. The molecule has 2 aromatic carbocycles. The third-order valence-corrected chi connectivity index (χ3v) is 5.55. The molecule has 1 heterocycles. The molecule has 0 fully saturated rings. The third kappa shape index (κ3) is 4.76. The first-order chi connectivity index (χ1) is 14.2. The first-order valence-corrected chi connectivity index (χ1v) is 9.72. The number of methoxy groups -OCH3 is 1. The number of rotatable bonds is 6. The van der Waals surface area contributed by atoms with Gasteiger partial charge >= 0.3 is 6.18 Å². The Balaban J connectivity index is 1.94. The van der Waals surface area contributed by atoms with E-state index in [9.17, 15) is 18.0 Å². The molecule has 1 unspecified atom stereocenters. The molecule has 3 rings (SSSR count). The van der Waals surface area contributed by atoms with E-state index in [1.54, 1.807) is 42.5 Å². The summed E-state index contributed by atoms with van der Waals surface area (Å²) in [6.45, 7) is 1.87. The largest absolute Gasteiger partial charge is 0.495 e. The topological polar surface area (TPSA) is 69.0 Å². The van der Waals surface area contributed by atoms with Gasteiger partial charge in [-0.05, 0) is 30.2 Å². The van der Waals surface area contributed by atoms with E-state index in [0.29, 0.717) is 17.0 Å². The lowest BCUT2D eigenvalue weighted by Gasteiger charge is -2.18. The summed E-state index contributed by atoms with van der Waals surface area (Å²) in [4.78, 5) is 13.1. The van der Waals surface area contributed by atoms with Crippen molar-refractivity contribution >= 4 is 23.4 Å². The van der Waals surface area contributed by atoms with Gasteiger partial charge in [-0.2, -0.15) is 13.2 Å². The van der Waals surface area contributed by atoms with Gasteiger partial charge in [0.2, 0.25) is 11.7 Å². The van der Waals surface area contributed by atoms with Crippen LogP contribution in [0.25, 0.3) is 0 Å². The summed E-state index contributed by atoms with van der Waals surface area (Å²) in [5.74, 6) is -1.08. The molecule has 1 atom stereocenters. The van der Waals surface area contributed by atoms with Crippen LogP contribution in [0.3, 0.4) is 0 Å². The van der Waals surface area contributed by atoms with Crippen molar-refractivity contribution in [2.24, 2.45) is 7.05 Å². The number of benzene rings is 2. The monoisotopic (exact) mass is 436 g/mol. The van der Waals surface area contributed by atoms with Gasteiger partial charge in [0.1, 0.15) is 11.0 Å². The van der Waals surface area contributed by atoms with E-state index >= 15 is 0 Å². The molecular formula is C20H19F3N4O2S. The Morgan fingerprint density at radius 2 is 1.87 bits per heavy atom. The number of halogens is 3. The number of alkyl halides is 3. The lowest BCUT2D eigenvalue weighted by atomic mass is 10.1. The zero-order valence-electron chi connectivity index (χ0n) is 16.4. The number of carbonyl (C=O) groups excluding carboxylic acids is 1. The number of anilines is 1. The second kappa shape index (κ2) is 8.78. The molecule has 6 nitrogen and oxygen atoms in total. The van der Waals surface area contributed by atoms with E-state index in [4.69, 9.17) is 4.74 Å². The highest BCUT2D eigenvalue weighted by atomic mass is 32.2. The predicted molar refractivity (Wildman–Crippen MR) is 107 cm³/mol. The average molecular weight is 436 g/mol. The number of thioether (sulfide) groups is 1. The van der Waals surface area contributed by atoms with Crippen molar-refractivity contribution in [2.45, 2.75) is 23.5 Å². The van der Waals surface area contributed by atoms with Crippen molar-refractivity contribution in [1.82, 2.24) is 14.8 Å². The first-order valence-electron chi connectivity index (χ1n) is 8.84. The fourth-order valence-corrected chi connectivity index (χ4v) is 3.79. The van der Waals surface area contributed by atoms with Crippen LogP contribution in [0.1, 0.15) is 22.2 Å². The van der Waals surface area contributed by atoms with Crippen molar-refractivity contribution < 1.29 is 22.7 Å². The molecule has 0 aliphatic carbocycles. The molecule has 158 valence electrons. The number of nitrogens with one attached hydrogen (secondary N) is 1. The van der Waals surface area contributed by atoms with Crippen LogP contribution in [0.4, 0.5) is 18.9 Å². The number of hydrogen-bond acceptors (Lipinski definition) is 5. The van der Waals surface area contributed by atoms with Crippen LogP contribution in [0.5, 0.6) is 5.75 Å². The fourth-order valence-electron chi connectivity index (χ4n) is 2.79. The molecule has 0 radical (unpaired) electrons. The van der Waals surface area contributed by atoms with E-state index in [-0.39, 0.29) is 5.16 Å².